The van der Waals surface area contributed by atoms with Crippen LogP contribution in [-0.4, -0.2) is 67.4 Å². The highest BCUT2D eigenvalue weighted by Crippen LogP contribution is 2.38. The molecule has 21 heavy (non-hydrogen) atoms. The molecular formula is C14H25N3O4. The Bertz CT molecular complexity index is 404. The molecule has 0 aromatic heterocycles. The number of aliphatic carboxylic acids is 1. The highest BCUT2D eigenvalue weighted by atomic mass is 16.5. The number of carbonyl (C=O) groups is 2. The van der Waals surface area contributed by atoms with Crippen LogP contribution in [0.1, 0.15) is 26.2 Å². The van der Waals surface area contributed by atoms with Gasteiger partial charge >= 0.3 is 12.0 Å². The number of hydrogen-bond acceptors (Lipinski definition) is 4. The molecule has 7 heteroatoms. The average molecular weight is 299 g/mol. The lowest BCUT2D eigenvalue weighted by Gasteiger charge is -2.31. The molecule has 2 amide bonds. The SMILES string of the molecule is CN1CCOC(CNC(=O)NC2CCCC2(C)C(=O)O)C1. The fourth-order valence-corrected chi connectivity index (χ4v) is 3.06. The Labute approximate surface area is 125 Å². The van der Waals surface area contributed by atoms with Crippen molar-refractivity contribution in [2.24, 2.45) is 5.41 Å². The standard InChI is InChI=1S/C14H25N3O4/c1-14(12(18)19)5-3-4-11(14)16-13(20)15-8-10-9-17(2)6-7-21-10/h10-11H,3-9H2,1-2H3,(H,18,19)(H2,15,16,20). The van der Waals surface area contributed by atoms with Crippen molar-refractivity contribution in [1.82, 2.24) is 15.5 Å². The van der Waals surface area contributed by atoms with Crippen LogP contribution in [0.3, 0.4) is 0 Å². The minimum absolute atomic E-state index is 0.0102. The van der Waals surface area contributed by atoms with Crippen LogP contribution >= 0.6 is 0 Å². The molecule has 1 aliphatic heterocycles. The third-order valence-electron chi connectivity index (χ3n) is 4.58. The first-order chi connectivity index (χ1) is 9.91. The normalized spacial score (nSPS) is 33.6. The first-order valence-corrected chi connectivity index (χ1v) is 7.50. The summed E-state index contributed by atoms with van der Waals surface area (Å²) in [5.74, 6) is -0.845. The topological polar surface area (TPSA) is 90.9 Å². The number of carboxylic acid groups (broad SMARTS) is 1. The molecule has 7 nitrogen and oxygen atoms in total. The number of carbonyl (C=O) groups excluding carboxylic acids is 1. The van der Waals surface area contributed by atoms with Gasteiger partial charge in [-0.15, -0.1) is 0 Å². The van der Waals surface area contributed by atoms with Gasteiger partial charge in [0.2, 0.25) is 0 Å². The predicted molar refractivity (Wildman–Crippen MR) is 77.2 cm³/mol. The molecule has 3 N–H and O–H groups in total. The first-order valence-electron chi connectivity index (χ1n) is 7.50. The monoisotopic (exact) mass is 299 g/mol. The van der Waals surface area contributed by atoms with Crippen LogP contribution in [-0.2, 0) is 9.53 Å². The quantitative estimate of drug-likeness (QED) is 0.693. The van der Waals surface area contributed by atoms with Gasteiger partial charge in [0.1, 0.15) is 0 Å². The van der Waals surface area contributed by atoms with Crippen molar-refractivity contribution < 1.29 is 19.4 Å². The van der Waals surface area contributed by atoms with Gasteiger partial charge in [-0.25, -0.2) is 4.79 Å². The van der Waals surface area contributed by atoms with E-state index in [2.05, 4.69) is 15.5 Å². The second-order valence-corrected chi connectivity index (χ2v) is 6.28. The van der Waals surface area contributed by atoms with E-state index in [4.69, 9.17) is 4.74 Å². The second-order valence-electron chi connectivity index (χ2n) is 6.28. The molecule has 0 radical (unpaired) electrons. The molecule has 3 atom stereocenters. The summed E-state index contributed by atoms with van der Waals surface area (Å²) in [7, 11) is 2.02. The van der Waals surface area contributed by atoms with Gasteiger partial charge in [-0.3, -0.25) is 4.79 Å². The maximum atomic E-state index is 11.9. The van der Waals surface area contributed by atoms with E-state index in [1.807, 2.05) is 7.05 Å². The largest absolute Gasteiger partial charge is 0.481 e. The summed E-state index contributed by atoms with van der Waals surface area (Å²) in [5.41, 5.74) is -0.862. The van der Waals surface area contributed by atoms with Crippen LogP contribution in [0.15, 0.2) is 0 Å². The third-order valence-corrected chi connectivity index (χ3v) is 4.58. The summed E-state index contributed by atoms with van der Waals surface area (Å²) in [6, 6.07) is -0.629. The molecule has 1 saturated heterocycles. The molecule has 1 saturated carbocycles. The first kappa shape index (κ1) is 16.0. The number of likely N-dealkylation sites (N-methyl/N-ethyl adjacent to an activating group) is 1. The van der Waals surface area contributed by atoms with Crippen LogP contribution in [0.2, 0.25) is 0 Å². The van der Waals surface area contributed by atoms with Crippen LogP contribution in [0.5, 0.6) is 0 Å². The Morgan fingerprint density at radius 3 is 2.90 bits per heavy atom. The molecular weight excluding hydrogens is 274 g/mol. The van der Waals surface area contributed by atoms with E-state index in [0.29, 0.717) is 26.0 Å². The number of urea groups is 1. The van der Waals surface area contributed by atoms with Crippen LogP contribution in [0, 0.1) is 5.41 Å². The lowest BCUT2D eigenvalue weighted by atomic mass is 9.85. The summed E-state index contributed by atoms with van der Waals surface area (Å²) in [6.45, 7) is 4.50. The third kappa shape index (κ3) is 3.85. The van der Waals surface area contributed by atoms with E-state index in [1.54, 1.807) is 6.92 Å². The van der Waals surface area contributed by atoms with Gasteiger partial charge in [0.25, 0.3) is 0 Å². The molecule has 1 aliphatic carbocycles. The van der Waals surface area contributed by atoms with Crippen molar-refractivity contribution >= 4 is 12.0 Å². The summed E-state index contributed by atoms with van der Waals surface area (Å²) >= 11 is 0. The fraction of sp³-hybridized carbons (Fsp3) is 0.857. The number of rotatable bonds is 4. The Kier molecular flexibility index (Phi) is 5.05. The molecule has 0 spiro atoms. The average Bonchev–Trinajstić information content (AvgIpc) is 2.79. The smallest absolute Gasteiger partial charge is 0.315 e. The zero-order chi connectivity index (χ0) is 15.5. The van der Waals surface area contributed by atoms with E-state index in [-0.39, 0.29) is 18.2 Å². The summed E-state index contributed by atoms with van der Waals surface area (Å²) in [4.78, 5) is 25.5. The number of amides is 2. The van der Waals surface area contributed by atoms with E-state index in [0.717, 1.165) is 19.5 Å². The number of nitrogens with one attached hydrogen (secondary N) is 2. The Hall–Kier alpha value is -1.34. The van der Waals surface area contributed by atoms with Crippen molar-refractivity contribution in [1.29, 1.82) is 0 Å². The van der Waals surface area contributed by atoms with E-state index >= 15 is 0 Å². The molecule has 2 fully saturated rings. The highest BCUT2D eigenvalue weighted by molar-refractivity contribution is 5.79. The van der Waals surface area contributed by atoms with Gasteiger partial charge in [0, 0.05) is 25.7 Å². The summed E-state index contributed by atoms with van der Waals surface area (Å²) < 4.78 is 5.57. The Morgan fingerprint density at radius 2 is 2.24 bits per heavy atom. The lowest BCUT2D eigenvalue weighted by Crippen LogP contribution is -2.52. The maximum absolute atomic E-state index is 11.9. The molecule has 2 rings (SSSR count). The second kappa shape index (κ2) is 6.62. The van der Waals surface area contributed by atoms with Gasteiger partial charge < -0.3 is 25.4 Å². The van der Waals surface area contributed by atoms with E-state index in [9.17, 15) is 14.7 Å². The van der Waals surface area contributed by atoms with Crippen molar-refractivity contribution in [3.63, 3.8) is 0 Å². The number of morpholine rings is 1. The van der Waals surface area contributed by atoms with Crippen LogP contribution in [0.25, 0.3) is 0 Å². The maximum Gasteiger partial charge on any atom is 0.315 e. The molecule has 2 aliphatic rings. The van der Waals surface area contributed by atoms with Gasteiger partial charge in [-0.05, 0) is 26.8 Å². The molecule has 0 bridgehead atoms. The summed E-state index contributed by atoms with van der Waals surface area (Å²) in [6.07, 6.45) is 2.12. The van der Waals surface area contributed by atoms with E-state index in [1.165, 1.54) is 0 Å². The minimum atomic E-state index is -0.862. The number of nitrogens with zero attached hydrogens (tertiary/aromatic N) is 1. The van der Waals surface area contributed by atoms with Gasteiger partial charge in [0.05, 0.1) is 18.1 Å². The molecule has 120 valence electrons. The van der Waals surface area contributed by atoms with Gasteiger partial charge in [0.15, 0.2) is 0 Å². The number of ether oxygens (including phenoxy) is 1. The predicted octanol–water partition coefficient (Wildman–Crippen LogP) is 0.260. The molecule has 0 aromatic rings. The number of hydrogen-bond donors (Lipinski definition) is 3. The van der Waals surface area contributed by atoms with Gasteiger partial charge in [-0.1, -0.05) is 6.42 Å². The highest BCUT2D eigenvalue weighted by Gasteiger charge is 2.45. The van der Waals surface area contributed by atoms with Crippen molar-refractivity contribution in [3.8, 4) is 0 Å². The zero-order valence-corrected chi connectivity index (χ0v) is 12.7. The van der Waals surface area contributed by atoms with Crippen molar-refractivity contribution in [3.05, 3.63) is 0 Å². The van der Waals surface area contributed by atoms with Crippen molar-refractivity contribution in [2.45, 2.75) is 38.3 Å². The molecule has 3 unspecified atom stereocenters. The van der Waals surface area contributed by atoms with Crippen molar-refractivity contribution in [2.75, 3.05) is 33.3 Å². The Morgan fingerprint density at radius 1 is 1.48 bits per heavy atom. The minimum Gasteiger partial charge on any atom is -0.481 e. The number of carboxylic acids is 1. The van der Waals surface area contributed by atoms with Crippen LogP contribution < -0.4 is 10.6 Å². The zero-order valence-electron chi connectivity index (χ0n) is 12.7. The van der Waals surface area contributed by atoms with E-state index < -0.39 is 11.4 Å². The summed E-state index contributed by atoms with van der Waals surface area (Å²) in [5, 5.41) is 14.9. The lowest BCUT2D eigenvalue weighted by molar-refractivity contribution is -0.148. The fourth-order valence-electron chi connectivity index (χ4n) is 3.06. The molecule has 0 aromatic carbocycles. The Balaban J connectivity index is 1.78. The molecule has 1 heterocycles. The van der Waals surface area contributed by atoms with Gasteiger partial charge in [-0.2, -0.15) is 0 Å². The van der Waals surface area contributed by atoms with Crippen LogP contribution in [0.4, 0.5) is 4.79 Å².